The lowest BCUT2D eigenvalue weighted by molar-refractivity contribution is -0.119. The second-order valence-electron chi connectivity index (χ2n) is 11.8. The van der Waals surface area contributed by atoms with E-state index >= 15 is 0 Å². The van der Waals surface area contributed by atoms with Crippen molar-refractivity contribution in [3.05, 3.63) is 132 Å². The van der Waals surface area contributed by atoms with Crippen LogP contribution in [0.3, 0.4) is 0 Å². The number of carbonyl (C=O) groups excluding carboxylic acids is 2. The summed E-state index contributed by atoms with van der Waals surface area (Å²) in [6.07, 6.45) is 1.11. The van der Waals surface area contributed by atoms with E-state index in [1.807, 2.05) is 0 Å². The van der Waals surface area contributed by atoms with Gasteiger partial charge in [-0.3, -0.25) is 9.59 Å². The minimum atomic E-state index is -1.11. The Bertz CT molecular complexity index is 1840. The highest BCUT2D eigenvalue weighted by Crippen LogP contribution is 2.23. The number of ether oxygens (including phenoxy) is 2. The highest BCUT2D eigenvalue weighted by molar-refractivity contribution is 5.99. The predicted octanol–water partition coefficient (Wildman–Crippen LogP) is 6.42. The van der Waals surface area contributed by atoms with Crippen molar-refractivity contribution in [1.82, 2.24) is 9.97 Å². The van der Waals surface area contributed by atoms with Crippen LogP contribution in [0.4, 0.5) is 40.7 Å². The van der Waals surface area contributed by atoms with Crippen molar-refractivity contribution in [2.24, 2.45) is 0 Å². The van der Waals surface area contributed by atoms with Crippen LogP contribution >= 0.6 is 0 Å². The van der Waals surface area contributed by atoms with E-state index in [1.165, 1.54) is 36.3 Å². The van der Waals surface area contributed by atoms with Crippen LogP contribution in [-0.4, -0.2) is 62.2 Å². The van der Waals surface area contributed by atoms with Crippen molar-refractivity contribution < 1.29 is 36.6 Å². The summed E-state index contributed by atoms with van der Waals surface area (Å²) < 4.78 is 67.1. The first-order valence-electron chi connectivity index (χ1n) is 16.0. The van der Waals surface area contributed by atoms with Gasteiger partial charge in [0.15, 0.2) is 0 Å². The van der Waals surface area contributed by atoms with Crippen molar-refractivity contribution in [2.45, 2.75) is 24.9 Å². The molecule has 52 heavy (non-hydrogen) atoms. The quantitative estimate of drug-likeness (QED) is 0.127. The number of halogens is 4. The van der Waals surface area contributed by atoms with E-state index in [1.54, 1.807) is 62.6 Å². The summed E-state index contributed by atoms with van der Waals surface area (Å²) >= 11 is 0. The van der Waals surface area contributed by atoms with Gasteiger partial charge in [-0.15, -0.1) is 0 Å². The molecule has 10 nitrogen and oxygen atoms in total. The number of rotatable bonds is 14. The summed E-state index contributed by atoms with van der Waals surface area (Å²) in [5.74, 6) is -2.87. The summed E-state index contributed by atoms with van der Waals surface area (Å²) in [7, 11) is 6.15. The molecule has 0 radical (unpaired) electrons. The number of hydrogen-bond donors (Lipinski definition) is 2. The molecule has 0 bridgehead atoms. The lowest BCUT2D eigenvalue weighted by Gasteiger charge is -2.26. The Morgan fingerprint density at radius 3 is 1.44 bits per heavy atom. The third-order valence-electron chi connectivity index (χ3n) is 8.18. The molecule has 0 spiro atoms. The maximum Gasteiger partial charge on any atom is 0.249 e. The maximum atomic E-state index is 14.2. The van der Waals surface area contributed by atoms with Crippen molar-refractivity contribution in [1.29, 1.82) is 0 Å². The smallest absolute Gasteiger partial charge is 0.249 e. The fraction of sp³-hybridized carbons (Fsp3) is 0.211. The van der Waals surface area contributed by atoms with Gasteiger partial charge in [-0.1, -0.05) is 0 Å². The second kappa shape index (κ2) is 16.7. The van der Waals surface area contributed by atoms with Crippen LogP contribution in [0, 0.1) is 23.3 Å². The molecule has 4 aromatic carbocycles. The van der Waals surface area contributed by atoms with Crippen molar-refractivity contribution >= 4 is 35.0 Å². The number of nitrogens with zero attached hydrogens (tertiary/aromatic N) is 4. The minimum absolute atomic E-state index is 0.0464. The Labute approximate surface area is 298 Å². The Hall–Kier alpha value is -6.18. The van der Waals surface area contributed by atoms with E-state index in [2.05, 4.69) is 20.6 Å². The molecule has 0 unspecified atom stereocenters. The molecule has 0 aliphatic heterocycles. The topological polar surface area (TPSA) is 109 Å². The fourth-order valence-corrected chi connectivity index (χ4v) is 5.51. The zero-order valence-corrected chi connectivity index (χ0v) is 28.7. The summed E-state index contributed by atoms with van der Waals surface area (Å²) in [5.41, 5.74) is 1.48. The maximum absolute atomic E-state index is 14.2. The Morgan fingerprint density at radius 1 is 0.635 bits per heavy atom. The Kier molecular flexibility index (Phi) is 11.9. The fourth-order valence-electron chi connectivity index (χ4n) is 5.51. The number of likely N-dealkylation sites (N-methyl/N-ethyl adjacent to an activating group) is 2. The molecule has 0 saturated heterocycles. The molecule has 0 aliphatic carbocycles. The highest BCUT2D eigenvalue weighted by Gasteiger charge is 2.27. The van der Waals surface area contributed by atoms with E-state index in [0.29, 0.717) is 22.9 Å². The molecular weight excluding hydrogens is 680 g/mol. The normalized spacial score (nSPS) is 12.0. The lowest BCUT2D eigenvalue weighted by Crippen LogP contribution is -2.43. The van der Waals surface area contributed by atoms with Crippen molar-refractivity contribution in [2.75, 3.05) is 48.7 Å². The molecule has 270 valence electrons. The van der Waals surface area contributed by atoms with Gasteiger partial charge in [-0.2, -0.15) is 4.98 Å². The summed E-state index contributed by atoms with van der Waals surface area (Å²) in [6.45, 7) is 0. The molecule has 2 atom stereocenters. The number of anilines is 4. The standard InChI is InChI=1S/C38H36F4N6O4/c1-47(29-5-9-31(51-3)10-6-29)36(49)33(19-23-15-25(39)21-26(40)16-23)44-35-13-14-43-38(46-35)45-34(20-24-17-27(41)22-28(42)18-24)37(50)48(2)30-7-11-32(52-4)12-8-30/h5-18,21-22,33-34H,19-20H2,1-4H3,(H2,43,44,45,46)/t33-,34-/m0/s1. The van der Waals surface area contributed by atoms with Gasteiger partial charge in [-0.05, 0) is 90.0 Å². The van der Waals surface area contributed by atoms with Crippen LogP contribution in [0.1, 0.15) is 11.1 Å². The number of methoxy groups -OCH3 is 2. The first kappa shape index (κ1) is 37.1. The number of benzene rings is 4. The number of hydrogen-bond acceptors (Lipinski definition) is 8. The van der Waals surface area contributed by atoms with Crippen molar-refractivity contribution in [3.8, 4) is 11.5 Å². The average molecular weight is 717 g/mol. The van der Waals surface area contributed by atoms with Crippen LogP contribution in [0.25, 0.3) is 0 Å². The zero-order valence-electron chi connectivity index (χ0n) is 28.7. The van der Waals surface area contributed by atoms with Crippen LogP contribution in [0.15, 0.2) is 97.2 Å². The third kappa shape index (κ3) is 9.53. The predicted molar refractivity (Wildman–Crippen MR) is 190 cm³/mol. The Morgan fingerprint density at radius 2 is 1.04 bits per heavy atom. The first-order valence-corrected chi connectivity index (χ1v) is 16.0. The molecular formula is C38H36F4N6O4. The van der Waals surface area contributed by atoms with Gasteiger partial charge in [-0.25, -0.2) is 22.5 Å². The minimum Gasteiger partial charge on any atom is -0.497 e. The zero-order chi connectivity index (χ0) is 37.4. The molecule has 2 N–H and O–H groups in total. The van der Waals surface area contributed by atoms with Crippen LogP contribution in [-0.2, 0) is 22.4 Å². The van der Waals surface area contributed by atoms with Gasteiger partial charge < -0.3 is 29.9 Å². The summed E-state index contributed by atoms with van der Waals surface area (Å²) in [5, 5.41) is 6.02. The number of nitrogens with one attached hydrogen (secondary N) is 2. The monoisotopic (exact) mass is 716 g/mol. The first-order chi connectivity index (χ1) is 24.9. The lowest BCUT2D eigenvalue weighted by atomic mass is 10.0. The molecule has 1 heterocycles. The number of amides is 2. The number of carbonyl (C=O) groups is 2. The second-order valence-corrected chi connectivity index (χ2v) is 11.8. The van der Waals surface area contributed by atoms with Gasteiger partial charge in [0.25, 0.3) is 0 Å². The summed E-state index contributed by atoms with van der Waals surface area (Å²) in [4.78, 5) is 39.3. The van der Waals surface area contributed by atoms with Crippen LogP contribution in [0.2, 0.25) is 0 Å². The molecule has 14 heteroatoms. The Balaban J connectivity index is 1.43. The molecule has 5 aromatic rings. The average Bonchev–Trinajstić information content (AvgIpc) is 3.12. The van der Waals surface area contributed by atoms with E-state index in [4.69, 9.17) is 9.47 Å². The van der Waals surface area contributed by atoms with Crippen LogP contribution in [0.5, 0.6) is 11.5 Å². The third-order valence-corrected chi connectivity index (χ3v) is 8.18. The van der Waals surface area contributed by atoms with Crippen LogP contribution < -0.4 is 29.9 Å². The largest absolute Gasteiger partial charge is 0.497 e. The number of aromatic nitrogens is 2. The van der Waals surface area contributed by atoms with Gasteiger partial charge in [0.05, 0.1) is 14.2 Å². The highest BCUT2D eigenvalue weighted by atomic mass is 19.1. The molecule has 1 aromatic heterocycles. The molecule has 2 amide bonds. The van der Waals surface area contributed by atoms with Gasteiger partial charge in [0.2, 0.25) is 17.8 Å². The van der Waals surface area contributed by atoms with Gasteiger partial charge >= 0.3 is 0 Å². The van der Waals surface area contributed by atoms with Gasteiger partial charge in [0.1, 0.15) is 52.7 Å². The molecule has 0 fully saturated rings. The van der Waals surface area contributed by atoms with E-state index in [9.17, 15) is 27.2 Å². The van der Waals surface area contributed by atoms with E-state index in [-0.39, 0.29) is 35.7 Å². The van der Waals surface area contributed by atoms with E-state index < -0.39 is 47.2 Å². The van der Waals surface area contributed by atoms with Crippen molar-refractivity contribution in [3.63, 3.8) is 0 Å². The molecule has 0 aliphatic rings. The van der Waals surface area contributed by atoms with E-state index in [0.717, 1.165) is 36.4 Å². The van der Waals surface area contributed by atoms with Gasteiger partial charge in [0, 0.05) is 56.6 Å². The molecule has 5 rings (SSSR count). The molecule has 0 saturated carbocycles. The SMILES string of the molecule is COc1ccc(N(C)C(=O)[C@H](Cc2cc(F)cc(F)c2)Nc2ccnc(N[C@@H](Cc3cc(F)cc(F)c3)C(=O)N(C)c3ccc(OC)cc3)n2)cc1. The summed E-state index contributed by atoms with van der Waals surface area (Å²) in [6, 6.07) is 18.8.